The number of nitrogens with one attached hydrogen (secondary N) is 1. The zero-order valence-electron chi connectivity index (χ0n) is 13.4. The molecular weight excluding hydrogens is 262 g/mol. The molecule has 3 N–H and O–H groups in total. The van der Waals surface area contributed by atoms with Crippen molar-refractivity contribution < 1.29 is 4.79 Å². The van der Waals surface area contributed by atoms with Gasteiger partial charge in [-0.3, -0.25) is 4.79 Å². The minimum Gasteiger partial charge on any atom is -0.352 e. The van der Waals surface area contributed by atoms with Gasteiger partial charge in [0, 0.05) is 12.1 Å². The van der Waals surface area contributed by atoms with Gasteiger partial charge >= 0.3 is 0 Å². The Hall–Kier alpha value is -1.86. The molecule has 21 heavy (non-hydrogen) atoms. The Morgan fingerprint density at radius 2 is 1.76 bits per heavy atom. The van der Waals surface area contributed by atoms with Crippen LogP contribution in [-0.4, -0.2) is 19.0 Å². The summed E-state index contributed by atoms with van der Waals surface area (Å²) in [6.07, 6.45) is 0.935. The molecule has 0 saturated heterocycles. The molecule has 1 amide bonds. The van der Waals surface area contributed by atoms with Crippen LogP contribution >= 0.6 is 0 Å². The molecule has 0 aromatic heterocycles. The summed E-state index contributed by atoms with van der Waals surface area (Å²) in [4.78, 5) is 12.1. The lowest BCUT2D eigenvalue weighted by molar-refractivity contribution is 0.0921. The summed E-state index contributed by atoms with van der Waals surface area (Å²) in [7, 11) is 0. The molecule has 0 radical (unpaired) electrons. The first-order chi connectivity index (χ1) is 9.69. The number of carbonyl (C=O) groups is 1. The average Bonchev–Trinajstić information content (AvgIpc) is 2.44. The summed E-state index contributed by atoms with van der Waals surface area (Å²) >= 11 is 0. The Labute approximate surface area is 127 Å². The fourth-order valence-corrected chi connectivity index (χ4v) is 2.55. The van der Waals surface area contributed by atoms with Crippen LogP contribution in [-0.2, 0) is 0 Å². The molecule has 0 atom stereocenters. The lowest BCUT2D eigenvalue weighted by Gasteiger charge is -2.34. The molecule has 0 aliphatic rings. The van der Waals surface area contributed by atoms with Crippen LogP contribution in [0.15, 0.2) is 24.3 Å². The molecule has 0 aliphatic carbocycles. The maximum absolute atomic E-state index is 12.1. The summed E-state index contributed by atoms with van der Waals surface area (Å²) in [6, 6.07) is 8.68. The normalized spacial score (nSPS) is 11.8. The summed E-state index contributed by atoms with van der Waals surface area (Å²) < 4.78 is 0. The molecule has 1 rings (SSSR count). The van der Waals surface area contributed by atoms with Gasteiger partial charge in [-0.05, 0) is 48.1 Å². The minimum atomic E-state index is -0.113. The maximum atomic E-state index is 12.1. The smallest absolute Gasteiger partial charge is 0.251 e. The second-order valence-electron chi connectivity index (χ2n) is 7.08. The molecule has 0 bridgehead atoms. The third-order valence-electron chi connectivity index (χ3n) is 3.51. The summed E-state index contributed by atoms with van der Waals surface area (Å²) in [5.41, 5.74) is 6.93. The third kappa shape index (κ3) is 5.57. The van der Waals surface area contributed by atoms with E-state index in [2.05, 4.69) is 33.0 Å². The topological polar surface area (TPSA) is 78.9 Å². The van der Waals surface area contributed by atoms with Crippen molar-refractivity contribution in [3.05, 3.63) is 35.4 Å². The monoisotopic (exact) mass is 287 g/mol. The highest BCUT2D eigenvalue weighted by Gasteiger charge is 2.28. The van der Waals surface area contributed by atoms with E-state index in [-0.39, 0.29) is 16.7 Å². The van der Waals surface area contributed by atoms with Crippen molar-refractivity contribution in [1.82, 2.24) is 5.32 Å². The predicted octanol–water partition coefficient (Wildman–Crippen LogP) is 2.69. The minimum absolute atomic E-state index is 0.0227. The van der Waals surface area contributed by atoms with Crippen LogP contribution in [0.1, 0.15) is 50.0 Å². The van der Waals surface area contributed by atoms with Gasteiger partial charge in [-0.2, -0.15) is 5.26 Å². The highest BCUT2D eigenvalue weighted by Crippen LogP contribution is 2.32. The Bertz CT molecular complexity index is 524. The third-order valence-corrected chi connectivity index (χ3v) is 3.51. The van der Waals surface area contributed by atoms with Crippen LogP contribution in [0.2, 0.25) is 0 Å². The molecule has 0 spiro atoms. The zero-order valence-corrected chi connectivity index (χ0v) is 13.4. The molecule has 0 saturated carbocycles. The SMILES string of the molecule is CC(C)(CN)CC(C)(C)CNC(=O)c1ccc(C#N)cc1. The predicted molar refractivity (Wildman–Crippen MR) is 84.7 cm³/mol. The Morgan fingerprint density at radius 1 is 1.19 bits per heavy atom. The first-order valence-corrected chi connectivity index (χ1v) is 7.18. The van der Waals surface area contributed by atoms with Gasteiger partial charge < -0.3 is 11.1 Å². The van der Waals surface area contributed by atoms with Crippen molar-refractivity contribution in [1.29, 1.82) is 5.26 Å². The Balaban J connectivity index is 2.61. The highest BCUT2D eigenvalue weighted by molar-refractivity contribution is 5.94. The van der Waals surface area contributed by atoms with Crippen molar-refractivity contribution in [2.24, 2.45) is 16.6 Å². The van der Waals surface area contributed by atoms with E-state index >= 15 is 0 Å². The van der Waals surface area contributed by atoms with Crippen molar-refractivity contribution in [2.45, 2.75) is 34.1 Å². The lowest BCUT2D eigenvalue weighted by Crippen LogP contribution is -2.38. The molecule has 0 aliphatic heterocycles. The highest BCUT2D eigenvalue weighted by atomic mass is 16.1. The molecule has 1 aromatic rings. The second kappa shape index (κ2) is 6.73. The van der Waals surface area contributed by atoms with Crippen LogP contribution < -0.4 is 11.1 Å². The van der Waals surface area contributed by atoms with Gasteiger partial charge in [0.2, 0.25) is 0 Å². The number of nitrogens with two attached hydrogens (primary N) is 1. The first-order valence-electron chi connectivity index (χ1n) is 7.18. The molecule has 0 heterocycles. The van der Waals surface area contributed by atoms with Gasteiger partial charge in [-0.15, -0.1) is 0 Å². The van der Waals surface area contributed by atoms with Gasteiger partial charge in [-0.1, -0.05) is 27.7 Å². The number of hydrogen-bond acceptors (Lipinski definition) is 3. The Morgan fingerprint density at radius 3 is 2.24 bits per heavy atom. The summed E-state index contributed by atoms with van der Waals surface area (Å²) in [5.74, 6) is -0.113. The van der Waals surface area contributed by atoms with Crippen molar-refractivity contribution >= 4 is 5.91 Å². The summed E-state index contributed by atoms with van der Waals surface area (Å²) in [5, 5.41) is 11.7. The number of carbonyl (C=O) groups excluding carboxylic acids is 1. The van der Waals surface area contributed by atoms with Crippen molar-refractivity contribution in [3.8, 4) is 6.07 Å². The first kappa shape index (κ1) is 17.2. The maximum Gasteiger partial charge on any atom is 0.251 e. The molecule has 0 fully saturated rings. The van der Waals surface area contributed by atoms with E-state index in [0.29, 0.717) is 24.2 Å². The van der Waals surface area contributed by atoms with E-state index in [1.807, 2.05) is 6.07 Å². The number of hydrogen-bond donors (Lipinski definition) is 2. The van der Waals surface area contributed by atoms with Gasteiger partial charge in [0.15, 0.2) is 0 Å². The average molecular weight is 287 g/mol. The zero-order chi connectivity index (χ0) is 16.1. The number of nitrogens with zero attached hydrogens (tertiary/aromatic N) is 1. The van der Waals surface area contributed by atoms with Gasteiger partial charge in [0.1, 0.15) is 0 Å². The number of benzene rings is 1. The van der Waals surface area contributed by atoms with E-state index < -0.39 is 0 Å². The van der Waals surface area contributed by atoms with Crippen LogP contribution in [0.4, 0.5) is 0 Å². The Kier molecular flexibility index (Phi) is 5.51. The van der Waals surface area contributed by atoms with Crippen LogP contribution in [0.3, 0.4) is 0 Å². The largest absolute Gasteiger partial charge is 0.352 e. The van der Waals surface area contributed by atoms with E-state index in [1.165, 1.54) is 0 Å². The molecule has 114 valence electrons. The number of nitriles is 1. The van der Waals surface area contributed by atoms with Crippen LogP contribution in [0.5, 0.6) is 0 Å². The molecule has 4 heteroatoms. The van der Waals surface area contributed by atoms with E-state index in [4.69, 9.17) is 11.0 Å². The standard InChI is InChI=1S/C17H25N3O/c1-16(2,11-19)10-17(3,4)12-20-15(21)14-7-5-13(9-18)6-8-14/h5-8H,10-12,19H2,1-4H3,(H,20,21). The van der Waals surface area contributed by atoms with Crippen molar-refractivity contribution in [3.63, 3.8) is 0 Å². The molecule has 4 nitrogen and oxygen atoms in total. The summed E-state index contributed by atoms with van der Waals surface area (Å²) in [6.45, 7) is 9.75. The lowest BCUT2D eigenvalue weighted by atomic mass is 9.75. The van der Waals surface area contributed by atoms with Gasteiger partial charge in [-0.25, -0.2) is 0 Å². The fraction of sp³-hybridized carbons (Fsp3) is 0.529. The molecular formula is C17H25N3O. The van der Waals surface area contributed by atoms with Crippen LogP contribution in [0.25, 0.3) is 0 Å². The quantitative estimate of drug-likeness (QED) is 0.844. The molecule has 1 aromatic carbocycles. The number of amides is 1. The fourth-order valence-electron chi connectivity index (χ4n) is 2.55. The van der Waals surface area contributed by atoms with E-state index in [0.717, 1.165) is 6.42 Å². The van der Waals surface area contributed by atoms with E-state index in [1.54, 1.807) is 24.3 Å². The number of rotatable bonds is 6. The van der Waals surface area contributed by atoms with Crippen molar-refractivity contribution in [2.75, 3.05) is 13.1 Å². The van der Waals surface area contributed by atoms with Gasteiger partial charge in [0.05, 0.1) is 11.6 Å². The van der Waals surface area contributed by atoms with Crippen LogP contribution in [0, 0.1) is 22.2 Å². The second-order valence-corrected chi connectivity index (χ2v) is 7.08. The molecule has 0 unspecified atom stereocenters. The van der Waals surface area contributed by atoms with Gasteiger partial charge in [0.25, 0.3) is 5.91 Å². The van der Waals surface area contributed by atoms with E-state index in [9.17, 15) is 4.79 Å².